The van der Waals surface area contributed by atoms with E-state index >= 15 is 0 Å². The number of aliphatic hydroxyl groups is 1. The Morgan fingerprint density at radius 1 is 1.29 bits per heavy atom. The molecule has 0 atom stereocenters. The van der Waals surface area contributed by atoms with E-state index in [9.17, 15) is 5.11 Å². The molecule has 0 amide bonds. The smallest absolute Gasteiger partial charge is 0.137 e. The molecule has 5 heteroatoms. The fourth-order valence-corrected chi connectivity index (χ4v) is 3.24. The molecule has 21 heavy (non-hydrogen) atoms. The van der Waals surface area contributed by atoms with E-state index in [-0.39, 0.29) is 0 Å². The van der Waals surface area contributed by atoms with E-state index in [0.717, 1.165) is 62.3 Å². The summed E-state index contributed by atoms with van der Waals surface area (Å²) in [6.07, 6.45) is 7.65. The molecule has 2 N–H and O–H groups in total. The molecule has 1 aromatic heterocycles. The van der Waals surface area contributed by atoms with Crippen molar-refractivity contribution in [2.75, 3.05) is 30.4 Å². The minimum absolute atomic E-state index is 0.554. The van der Waals surface area contributed by atoms with Crippen LogP contribution in [0.2, 0.25) is 0 Å². The normalized spacial score (nSPS) is 17.0. The van der Waals surface area contributed by atoms with Gasteiger partial charge < -0.3 is 15.3 Å². The van der Waals surface area contributed by atoms with Crippen molar-refractivity contribution >= 4 is 11.6 Å². The molecule has 0 aromatic carbocycles. The van der Waals surface area contributed by atoms with Crippen molar-refractivity contribution in [3.8, 4) is 0 Å². The van der Waals surface area contributed by atoms with Crippen LogP contribution in [0.25, 0.3) is 0 Å². The number of rotatable bonds is 7. The summed E-state index contributed by atoms with van der Waals surface area (Å²) in [5.41, 5.74) is 0.604. The number of aromatic nitrogens is 2. The van der Waals surface area contributed by atoms with Gasteiger partial charge in [-0.2, -0.15) is 0 Å². The van der Waals surface area contributed by atoms with E-state index in [1.807, 2.05) is 7.05 Å². The van der Waals surface area contributed by atoms with E-state index in [0.29, 0.717) is 6.54 Å². The van der Waals surface area contributed by atoms with E-state index in [1.165, 1.54) is 0 Å². The van der Waals surface area contributed by atoms with Gasteiger partial charge in [-0.15, -0.1) is 0 Å². The number of hydrogen-bond acceptors (Lipinski definition) is 5. The molecule has 2 rings (SSSR count). The lowest BCUT2D eigenvalue weighted by Crippen LogP contribution is -2.40. The molecule has 1 aliphatic carbocycles. The van der Waals surface area contributed by atoms with Crippen LogP contribution in [-0.4, -0.2) is 40.8 Å². The second-order valence-electron chi connectivity index (χ2n) is 6.09. The Labute approximate surface area is 127 Å². The van der Waals surface area contributed by atoms with Crippen molar-refractivity contribution in [2.24, 2.45) is 0 Å². The van der Waals surface area contributed by atoms with Crippen LogP contribution in [0.1, 0.15) is 51.5 Å². The van der Waals surface area contributed by atoms with Crippen LogP contribution in [0.15, 0.2) is 6.33 Å². The van der Waals surface area contributed by atoms with Crippen molar-refractivity contribution in [2.45, 2.75) is 58.0 Å². The Bertz CT molecular complexity index is 458. The fourth-order valence-electron chi connectivity index (χ4n) is 3.24. The second kappa shape index (κ2) is 7.07. The molecule has 0 radical (unpaired) electrons. The zero-order chi connectivity index (χ0) is 15.3. The van der Waals surface area contributed by atoms with E-state index in [2.05, 4.69) is 34.0 Å². The quantitative estimate of drug-likeness (QED) is 0.809. The molecular formula is C16H28N4O. The lowest BCUT2D eigenvalue weighted by Gasteiger charge is -2.30. The minimum atomic E-state index is -0.554. The van der Waals surface area contributed by atoms with Crippen LogP contribution in [0.3, 0.4) is 0 Å². The highest BCUT2D eigenvalue weighted by atomic mass is 16.3. The summed E-state index contributed by atoms with van der Waals surface area (Å²) in [5.74, 6) is 1.87. The van der Waals surface area contributed by atoms with Gasteiger partial charge >= 0.3 is 0 Å². The molecule has 0 aliphatic heterocycles. The van der Waals surface area contributed by atoms with E-state index in [4.69, 9.17) is 0 Å². The van der Waals surface area contributed by atoms with Gasteiger partial charge in [-0.3, -0.25) is 0 Å². The van der Waals surface area contributed by atoms with Crippen LogP contribution in [0.5, 0.6) is 0 Å². The Kier molecular flexibility index (Phi) is 5.39. The number of anilines is 2. The zero-order valence-electron chi connectivity index (χ0n) is 13.5. The minimum Gasteiger partial charge on any atom is -0.388 e. The first-order valence-corrected chi connectivity index (χ1v) is 8.11. The van der Waals surface area contributed by atoms with Crippen molar-refractivity contribution in [1.29, 1.82) is 0 Å². The molecule has 1 fully saturated rings. The maximum absolute atomic E-state index is 10.6. The van der Waals surface area contributed by atoms with Gasteiger partial charge in [0.15, 0.2) is 0 Å². The predicted octanol–water partition coefficient (Wildman–Crippen LogP) is 2.60. The molecule has 1 aromatic rings. The van der Waals surface area contributed by atoms with Gasteiger partial charge in [0.1, 0.15) is 18.0 Å². The van der Waals surface area contributed by atoms with E-state index in [1.54, 1.807) is 6.33 Å². The van der Waals surface area contributed by atoms with Crippen LogP contribution >= 0.6 is 0 Å². The van der Waals surface area contributed by atoms with Crippen molar-refractivity contribution in [1.82, 2.24) is 9.97 Å². The average Bonchev–Trinajstić information content (AvgIpc) is 2.87. The third kappa shape index (κ3) is 3.84. The Morgan fingerprint density at radius 3 is 2.62 bits per heavy atom. The first kappa shape index (κ1) is 16.0. The SMILES string of the molecule is CCCc1c(NCC)ncnc1N(C)CC1(O)CCCC1. The average molecular weight is 292 g/mol. The lowest BCUT2D eigenvalue weighted by molar-refractivity contribution is 0.0557. The van der Waals surface area contributed by atoms with Gasteiger partial charge in [-0.25, -0.2) is 9.97 Å². The summed E-state index contributed by atoms with van der Waals surface area (Å²) >= 11 is 0. The number of nitrogens with zero attached hydrogens (tertiary/aromatic N) is 3. The Balaban J connectivity index is 2.22. The highest BCUT2D eigenvalue weighted by Crippen LogP contribution is 2.32. The zero-order valence-corrected chi connectivity index (χ0v) is 13.5. The molecule has 118 valence electrons. The highest BCUT2D eigenvalue weighted by molar-refractivity contribution is 5.58. The standard InChI is InChI=1S/C16H28N4O/c1-4-8-13-14(17-5-2)18-12-19-15(13)20(3)11-16(21)9-6-7-10-16/h12,21H,4-11H2,1-3H3,(H,17,18,19). The van der Waals surface area contributed by atoms with Crippen LogP contribution in [0, 0.1) is 0 Å². The molecule has 1 saturated carbocycles. The Morgan fingerprint density at radius 2 is 2.00 bits per heavy atom. The first-order chi connectivity index (χ1) is 10.1. The second-order valence-corrected chi connectivity index (χ2v) is 6.09. The molecule has 1 aliphatic rings. The summed E-state index contributed by atoms with van der Waals surface area (Å²) in [4.78, 5) is 10.9. The molecule has 0 bridgehead atoms. The maximum atomic E-state index is 10.6. The van der Waals surface area contributed by atoms with Gasteiger partial charge in [0.25, 0.3) is 0 Å². The topological polar surface area (TPSA) is 61.3 Å². The van der Waals surface area contributed by atoms with Gasteiger partial charge in [0.2, 0.25) is 0 Å². The summed E-state index contributed by atoms with van der Waals surface area (Å²) in [5, 5.41) is 13.9. The number of hydrogen-bond donors (Lipinski definition) is 2. The van der Waals surface area contributed by atoms with Gasteiger partial charge in [0, 0.05) is 25.7 Å². The van der Waals surface area contributed by atoms with Crippen LogP contribution in [0.4, 0.5) is 11.6 Å². The summed E-state index contributed by atoms with van der Waals surface area (Å²) in [6, 6.07) is 0. The fraction of sp³-hybridized carbons (Fsp3) is 0.750. The Hall–Kier alpha value is -1.36. The van der Waals surface area contributed by atoms with Gasteiger partial charge in [0.05, 0.1) is 5.60 Å². The number of nitrogens with one attached hydrogen (secondary N) is 1. The largest absolute Gasteiger partial charge is 0.388 e. The predicted molar refractivity (Wildman–Crippen MR) is 86.9 cm³/mol. The monoisotopic (exact) mass is 292 g/mol. The van der Waals surface area contributed by atoms with Gasteiger partial charge in [-0.1, -0.05) is 26.2 Å². The molecule has 0 spiro atoms. The van der Waals surface area contributed by atoms with Crippen LogP contribution < -0.4 is 10.2 Å². The molecule has 5 nitrogen and oxygen atoms in total. The van der Waals surface area contributed by atoms with Crippen LogP contribution in [-0.2, 0) is 6.42 Å². The summed E-state index contributed by atoms with van der Waals surface area (Å²) in [6.45, 7) is 5.73. The first-order valence-electron chi connectivity index (χ1n) is 8.11. The summed E-state index contributed by atoms with van der Waals surface area (Å²) < 4.78 is 0. The lowest BCUT2D eigenvalue weighted by atomic mass is 10.0. The number of likely N-dealkylation sites (N-methyl/N-ethyl adjacent to an activating group) is 1. The maximum Gasteiger partial charge on any atom is 0.137 e. The van der Waals surface area contributed by atoms with Crippen molar-refractivity contribution in [3.63, 3.8) is 0 Å². The van der Waals surface area contributed by atoms with Crippen molar-refractivity contribution < 1.29 is 5.11 Å². The summed E-state index contributed by atoms with van der Waals surface area (Å²) in [7, 11) is 2.02. The molecular weight excluding hydrogens is 264 g/mol. The highest BCUT2D eigenvalue weighted by Gasteiger charge is 2.33. The van der Waals surface area contributed by atoms with Crippen molar-refractivity contribution in [3.05, 3.63) is 11.9 Å². The molecule has 0 saturated heterocycles. The molecule has 1 heterocycles. The molecule has 0 unspecified atom stereocenters. The van der Waals surface area contributed by atoms with E-state index < -0.39 is 5.60 Å². The van der Waals surface area contributed by atoms with Gasteiger partial charge in [-0.05, 0) is 26.2 Å². The third-order valence-electron chi connectivity index (χ3n) is 4.19. The third-order valence-corrected chi connectivity index (χ3v) is 4.19.